The van der Waals surface area contributed by atoms with Gasteiger partial charge in [-0.15, -0.1) is 0 Å². The van der Waals surface area contributed by atoms with Gasteiger partial charge in [-0.1, -0.05) is 53.8 Å². The zero-order valence-electron chi connectivity index (χ0n) is 23.1. The number of thiazole rings is 1. The van der Waals surface area contributed by atoms with Crippen LogP contribution in [0.4, 0.5) is 0 Å². The highest BCUT2D eigenvalue weighted by Gasteiger charge is 2.34. The molecule has 212 valence electrons. The molecular formula is C32H26BrN3O5S. The molecule has 1 aliphatic heterocycles. The fourth-order valence-corrected chi connectivity index (χ4v) is 6.32. The van der Waals surface area contributed by atoms with Crippen molar-refractivity contribution in [2.24, 2.45) is 4.99 Å². The summed E-state index contributed by atoms with van der Waals surface area (Å²) in [7, 11) is 1.55. The minimum Gasteiger partial charge on any atom is -0.496 e. The van der Waals surface area contributed by atoms with Gasteiger partial charge in [0.25, 0.3) is 5.56 Å². The first-order valence-corrected chi connectivity index (χ1v) is 14.7. The van der Waals surface area contributed by atoms with E-state index in [1.54, 1.807) is 39.2 Å². The number of hydrogen-bond donors (Lipinski definition) is 0. The van der Waals surface area contributed by atoms with Crippen molar-refractivity contribution < 1.29 is 19.0 Å². The van der Waals surface area contributed by atoms with Crippen molar-refractivity contribution in [1.82, 2.24) is 4.57 Å². The average molecular weight is 645 g/mol. The number of ether oxygens (including phenoxy) is 3. The number of para-hydroxylation sites is 1. The predicted octanol–water partition coefficient (Wildman–Crippen LogP) is 5.02. The van der Waals surface area contributed by atoms with Crippen LogP contribution in [0.15, 0.2) is 92.3 Å². The van der Waals surface area contributed by atoms with E-state index in [0.717, 1.165) is 11.1 Å². The second-order valence-electron chi connectivity index (χ2n) is 9.29. The molecule has 10 heteroatoms. The Morgan fingerprint density at radius 2 is 1.90 bits per heavy atom. The third-order valence-electron chi connectivity index (χ3n) is 6.73. The third-order valence-corrected chi connectivity index (χ3v) is 8.33. The SMILES string of the molecule is CCOC(=O)C1=C(C)N=c2s/c(=C/c3ccc(OCc4ccccc4C#N)c(Br)c3)c(=O)n2[C@@H]1c1ccccc1OC. The molecule has 0 unspecified atom stereocenters. The first-order valence-electron chi connectivity index (χ1n) is 13.1. The normalized spacial score (nSPS) is 14.5. The second-order valence-corrected chi connectivity index (χ2v) is 11.2. The molecular weight excluding hydrogens is 618 g/mol. The fourth-order valence-electron chi connectivity index (χ4n) is 4.76. The summed E-state index contributed by atoms with van der Waals surface area (Å²) in [5.74, 6) is 0.624. The largest absolute Gasteiger partial charge is 0.496 e. The third kappa shape index (κ3) is 5.66. The number of benzene rings is 3. The number of fused-ring (bicyclic) bond motifs is 1. The van der Waals surface area contributed by atoms with Gasteiger partial charge in [0.05, 0.1) is 45.6 Å². The molecule has 2 heterocycles. The molecule has 1 atom stereocenters. The molecule has 4 aromatic rings. The van der Waals surface area contributed by atoms with Crippen LogP contribution >= 0.6 is 27.3 Å². The molecule has 0 radical (unpaired) electrons. The van der Waals surface area contributed by atoms with Crippen molar-refractivity contribution in [3.05, 3.63) is 124 Å². The molecule has 0 fully saturated rings. The molecule has 0 saturated carbocycles. The topological polar surface area (TPSA) is 103 Å². The summed E-state index contributed by atoms with van der Waals surface area (Å²) in [5, 5.41) is 9.33. The quantitative estimate of drug-likeness (QED) is 0.250. The number of nitrogens with zero attached hydrogens (tertiary/aromatic N) is 3. The van der Waals surface area contributed by atoms with E-state index >= 15 is 0 Å². The van der Waals surface area contributed by atoms with Crippen LogP contribution in [0, 0.1) is 11.3 Å². The Labute approximate surface area is 254 Å². The lowest BCUT2D eigenvalue weighted by Crippen LogP contribution is -2.40. The molecule has 0 saturated heterocycles. The van der Waals surface area contributed by atoms with E-state index in [4.69, 9.17) is 14.2 Å². The number of hydrogen-bond acceptors (Lipinski definition) is 8. The van der Waals surface area contributed by atoms with Crippen LogP contribution in [-0.2, 0) is 16.1 Å². The Kier molecular flexibility index (Phi) is 8.71. The number of methoxy groups -OCH3 is 1. The molecule has 0 amide bonds. The zero-order chi connectivity index (χ0) is 29.8. The van der Waals surface area contributed by atoms with Gasteiger partial charge in [-0.3, -0.25) is 9.36 Å². The Morgan fingerprint density at radius 3 is 2.64 bits per heavy atom. The summed E-state index contributed by atoms with van der Waals surface area (Å²) in [6, 6.07) is 21.5. The molecule has 3 aromatic carbocycles. The minimum absolute atomic E-state index is 0.193. The van der Waals surface area contributed by atoms with Crippen molar-refractivity contribution in [2.75, 3.05) is 13.7 Å². The lowest BCUT2D eigenvalue weighted by molar-refractivity contribution is -0.139. The number of allylic oxidation sites excluding steroid dienone is 1. The highest BCUT2D eigenvalue weighted by atomic mass is 79.9. The molecule has 1 aromatic heterocycles. The highest BCUT2D eigenvalue weighted by Crippen LogP contribution is 2.35. The Balaban J connectivity index is 1.54. The lowest BCUT2D eigenvalue weighted by atomic mass is 9.95. The molecule has 8 nitrogen and oxygen atoms in total. The summed E-state index contributed by atoms with van der Waals surface area (Å²) < 4.78 is 19.6. The number of nitriles is 1. The van der Waals surface area contributed by atoms with Crippen LogP contribution in [0.1, 0.15) is 42.1 Å². The van der Waals surface area contributed by atoms with E-state index in [2.05, 4.69) is 27.0 Å². The van der Waals surface area contributed by atoms with Crippen molar-refractivity contribution in [1.29, 1.82) is 5.26 Å². The van der Waals surface area contributed by atoms with Gasteiger partial charge in [0, 0.05) is 11.1 Å². The minimum atomic E-state index is -0.766. The van der Waals surface area contributed by atoms with Gasteiger partial charge >= 0.3 is 5.97 Å². The van der Waals surface area contributed by atoms with E-state index in [-0.39, 0.29) is 18.8 Å². The zero-order valence-corrected chi connectivity index (χ0v) is 25.5. The number of esters is 1. The molecule has 0 bridgehead atoms. The average Bonchev–Trinajstić information content (AvgIpc) is 3.29. The van der Waals surface area contributed by atoms with Crippen LogP contribution in [0.3, 0.4) is 0 Å². The monoisotopic (exact) mass is 643 g/mol. The number of carbonyl (C=O) groups excluding carboxylic acids is 1. The maximum Gasteiger partial charge on any atom is 0.338 e. The van der Waals surface area contributed by atoms with Crippen LogP contribution in [0.25, 0.3) is 6.08 Å². The molecule has 0 spiro atoms. The summed E-state index contributed by atoms with van der Waals surface area (Å²) in [6.45, 7) is 3.92. The molecule has 0 aliphatic carbocycles. The van der Waals surface area contributed by atoms with E-state index in [1.807, 2.05) is 54.6 Å². The molecule has 1 aliphatic rings. The first kappa shape index (κ1) is 29.0. The summed E-state index contributed by atoms with van der Waals surface area (Å²) in [4.78, 5) is 32.1. The van der Waals surface area contributed by atoms with Gasteiger partial charge in [0.2, 0.25) is 0 Å². The second kappa shape index (κ2) is 12.6. The number of aromatic nitrogens is 1. The predicted molar refractivity (Wildman–Crippen MR) is 163 cm³/mol. The fraction of sp³-hybridized carbons (Fsp3) is 0.188. The Morgan fingerprint density at radius 1 is 1.14 bits per heavy atom. The van der Waals surface area contributed by atoms with Gasteiger partial charge in [-0.2, -0.15) is 5.26 Å². The van der Waals surface area contributed by atoms with Crippen molar-refractivity contribution >= 4 is 39.3 Å². The van der Waals surface area contributed by atoms with Crippen LogP contribution in [-0.4, -0.2) is 24.3 Å². The smallest absolute Gasteiger partial charge is 0.338 e. The maximum atomic E-state index is 13.9. The van der Waals surface area contributed by atoms with Crippen molar-refractivity contribution in [3.63, 3.8) is 0 Å². The standard InChI is InChI=1S/C32H26BrN3O5S/c1-4-40-31(38)28-19(2)35-32-36(29(28)23-11-7-8-12-25(23)39-3)30(37)27(42-32)16-20-13-14-26(24(33)15-20)41-18-22-10-6-5-9-21(22)17-34/h5-16,29H,4,18H2,1-3H3/b27-16+/t29-/m1/s1. The maximum absolute atomic E-state index is 13.9. The number of carbonyl (C=O) groups is 1. The van der Waals surface area contributed by atoms with Crippen LogP contribution in [0.5, 0.6) is 11.5 Å². The summed E-state index contributed by atoms with van der Waals surface area (Å²) in [5.41, 5.74) is 3.28. The van der Waals surface area contributed by atoms with Gasteiger partial charge in [-0.05, 0) is 65.7 Å². The van der Waals surface area contributed by atoms with E-state index < -0.39 is 12.0 Å². The summed E-state index contributed by atoms with van der Waals surface area (Å²) in [6.07, 6.45) is 1.78. The number of rotatable bonds is 8. The Bertz CT molecular complexity index is 1940. The van der Waals surface area contributed by atoms with Gasteiger partial charge in [-0.25, -0.2) is 9.79 Å². The number of halogens is 1. The molecule has 42 heavy (non-hydrogen) atoms. The van der Waals surface area contributed by atoms with E-state index in [0.29, 0.717) is 47.7 Å². The van der Waals surface area contributed by atoms with Crippen molar-refractivity contribution in [3.8, 4) is 17.6 Å². The van der Waals surface area contributed by atoms with Gasteiger partial charge in [0.15, 0.2) is 4.80 Å². The lowest BCUT2D eigenvalue weighted by Gasteiger charge is -2.25. The van der Waals surface area contributed by atoms with E-state index in [9.17, 15) is 14.9 Å². The van der Waals surface area contributed by atoms with Crippen molar-refractivity contribution in [2.45, 2.75) is 26.5 Å². The molecule has 5 rings (SSSR count). The Hall–Kier alpha value is -4.46. The van der Waals surface area contributed by atoms with Gasteiger partial charge in [0.1, 0.15) is 24.1 Å². The highest BCUT2D eigenvalue weighted by molar-refractivity contribution is 9.10. The van der Waals surface area contributed by atoms with Crippen LogP contribution in [0.2, 0.25) is 0 Å². The first-order chi connectivity index (χ1) is 20.4. The van der Waals surface area contributed by atoms with E-state index in [1.165, 1.54) is 15.9 Å². The molecule has 0 N–H and O–H groups in total. The summed E-state index contributed by atoms with van der Waals surface area (Å²) >= 11 is 4.81. The van der Waals surface area contributed by atoms with Crippen LogP contribution < -0.4 is 24.4 Å². The van der Waals surface area contributed by atoms with Gasteiger partial charge < -0.3 is 14.2 Å².